The van der Waals surface area contributed by atoms with E-state index in [1.165, 1.54) is 19.1 Å². The van der Waals surface area contributed by atoms with E-state index in [1.807, 2.05) is 0 Å². The summed E-state index contributed by atoms with van der Waals surface area (Å²) in [4.78, 5) is 68.3. The number of aromatic hydroxyl groups is 1. The topological polar surface area (TPSA) is 252 Å². The van der Waals surface area contributed by atoms with Gasteiger partial charge in [-0.05, 0) is 36.8 Å². The summed E-state index contributed by atoms with van der Waals surface area (Å²) in [5.74, 6) is -2.92. The maximum atomic E-state index is 13.6. The molecule has 0 aliphatic heterocycles. The first-order valence-corrected chi connectivity index (χ1v) is 13.4. The lowest BCUT2D eigenvalue weighted by Gasteiger charge is -2.27. The van der Waals surface area contributed by atoms with Gasteiger partial charge in [0.1, 0.15) is 41.0 Å². The van der Waals surface area contributed by atoms with Crippen LogP contribution in [0.25, 0.3) is 22.3 Å². The lowest BCUT2D eigenvalue weighted by molar-refractivity contribution is -0.102. The molecule has 0 amide bonds. The van der Waals surface area contributed by atoms with E-state index >= 15 is 0 Å². The Labute approximate surface area is 243 Å². The number of aromatic nitrogens is 1. The molecule has 5 atom stereocenters. The molecule has 2 aromatic rings. The number of phenolic OH excluding ortho intramolecular Hbond substituents is 1. The molecule has 4 aliphatic carbocycles. The monoisotopic (exact) mass is 607 g/mol. The van der Waals surface area contributed by atoms with Crippen molar-refractivity contribution in [2.75, 3.05) is 7.11 Å². The zero-order valence-corrected chi connectivity index (χ0v) is 23.0. The Balaban J connectivity index is 1.65. The van der Waals surface area contributed by atoms with Gasteiger partial charge in [0.05, 0.1) is 45.2 Å². The molecule has 14 heteroatoms. The number of fused-ring (bicyclic) bond motifs is 4. The number of hydrogen-bond acceptors (Lipinski definition) is 13. The summed E-state index contributed by atoms with van der Waals surface area (Å²) < 4.78 is 4.87. The molecular formula is C30H25NO13. The molecule has 4 unspecified atom stereocenters. The average Bonchev–Trinajstić information content (AvgIpc) is 3.47. The Morgan fingerprint density at radius 2 is 1.43 bits per heavy atom. The van der Waals surface area contributed by atoms with Crippen molar-refractivity contribution < 1.29 is 40.5 Å². The highest BCUT2D eigenvalue weighted by atomic mass is 16.5. The highest BCUT2D eigenvalue weighted by Gasteiger charge is 2.53. The summed E-state index contributed by atoms with van der Waals surface area (Å²) in [7, 11) is 1.09. The van der Waals surface area contributed by atoms with Gasteiger partial charge in [-0.25, -0.2) is 0 Å². The van der Waals surface area contributed by atoms with E-state index in [9.17, 15) is 59.7 Å². The number of aliphatic hydroxyl groups excluding tert-OH is 6. The number of aryl methyl sites for hydroxylation is 1. The van der Waals surface area contributed by atoms with Crippen molar-refractivity contribution >= 4 is 22.3 Å². The Hall–Kier alpha value is -4.89. The largest absolute Gasteiger partial charge is 0.510 e. The van der Waals surface area contributed by atoms with Gasteiger partial charge < -0.3 is 45.5 Å². The molecule has 4 aliphatic rings. The summed E-state index contributed by atoms with van der Waals surface area (Å²) in [5, 5.41) is 71.5. The predicted molar refractivity (Wildman–Crippen MR) is 152 cm³/mol. The third-order valence-corrected chi connectivity index (χ3v) is 8.76. The van der Waals surface area contributed by atoms with E-state index in [4.69, 9.17) is 4.74 Å². The number of rotatable bonds is 5. The van der Waals surface area contributed by atoms with Crippen molar-refractivity contribution in [2.24, 2.45) is 0 Å². The quantitative estimate of drug-likeness (QED) is 0.111. The minimum absolute atomic E-state index is 0.0321. The van der Waals surface area contributed by atoms with Crippen LogP contribution < -0.4 is 42.4 Å². The van der Waals surface area contributed by atoms with Crippen molar-refractivity contribution in [1.29, 1.82) is 0 Å². The number of aromatic amines is 1. The molecule has 1 aromatic heterocycles. The summed E-state index contributed by atoms with van der Waals surface area (Å²) in [6.45, 7) is 1.19. The van der Waals surface area contributed by atoms with E-state index in [0.717, 1.165) is 13.2 Å². The Morgan fingerprint density at radius 3 is 2.02 bits per heavy atom. The van der Waals surface area contributed by atoms with Gasteiger partial charge in [-0.2, -0.15) is 0 Å². The normalized spacial score (nSPS) is 20.2. The molecule has 0 fully saturated rings. The number of ether oxygens (including phenoxy) is 1. The van der Waals surface area contributed by atoms with Gasteiger partial charge in [0.15, 0.2) is 11.2 Å². The number of hydrogen-bond donors (Lipinski definition) is 8. The van der Waals surface area contributed by atoms with Crippen LogP contribution in [-0.2, 0) is 11.8 Å². The SMILES string of the molecule is COc1cc(=O)c2c(=O)c3c(c(=O)c=2c1=O)=C(O)[C@]1(CCc2cc4cc(C(O)C(O)C(O)C(C)O)[nH]c(=O)c4c(O)c21)C=3O. The van der Waals surface area contributed by atoms with E-state index in [-0.39, 0.29) is 40.4 Å². The molecule has 6 rings (SSSR count). The number of pyridine rings is 1. The molecule has 0 radical (unpaired) electrons. The number of nitrogens with one attached hydrogen (secondary N) is 1. The first kappa shape index (κ1) is 29.2. The van der Waals surface area contributed by atoms with E-state index in [2.05, 4.69) is 4.98 Å². The molecule has 1 aromatic carbocycles. The lowest BCUT2D eigenvalue weighted by atomic mass is 9.78. The highest BCUT2D eigenvalue weighted by molar-refractivity contribution is 5.94. The number of phenols is 1. The van der Waals surface area contributed by atoms with Gasteiger partial charge in [-0.15, -0.1) is 0 Å². The van der Waals surface area contributed by atoms with Crippen LogP contribution in [0.15, 0.2) is 42.2 Å². The molecule has 0 saturated heterocycles. The zero-order chi connectivity index (χ0) is 32.2. The second kappa shape index (κ2) is 9.56. The molecule has 0 saturated carbocycles. The fourth-order valence-electron chi connectivity index (χ4n) is 6.58. The summed E-state index contributed by atoms with van der Waals surface area (Å²) in [5.41, 5.74) is -7.67. The third kappa shape index (κ3) is 3.53. The van der Waals surface area contributed by atoms with E-state index in [1.54, 1.807) is 0 Å². The van der Waals surface area contributed by atoms with Crippen LogP contribution >= 0.6 is 0 Å². The van der Waals surface area contributed by atoms with Crippen molar-refractivity contribution in [2.45, 2.75) is 49.6 Å². The van der Waals surface area contributed by atoms with Crippen molar-refractivity contribution in [3.8, 4) is 11.5 Å². The zero-order valence-electron chi connectivity index (χ0n) is 23.0. The number of H-pyrrole nitrogens is 1. The predicted octanol–water partition coefficient (Wildman–Crippen LogP) is -3.35. The molecule has 44 heavy (non-hydrogen) atoms. The summed E-state index contributed by atoms with van der Waals surface area (Å²) in [6, 6.07) is 3.38. The van der Waals surface area contributed by atoms with Gasteiger partial charge in [0.25, 0.3) is 5.56 Å². The first-order valence-electron chi connectivity index (χ1n) is 13.4. The van der Waals surface area contributed by atoms with Crippen molar-refractivity contribution in [3.63, 3.8) is 0 Å². The first-order chi connectivity index (χ1) is 20.7. The molecule has 8 N–H and O–H groups in total. The van der Waals surface area contributed by atoms with E-state index in [0.29, 0.717) is 0 Å². The summed E-state index contributed by atoms with van der Waals surface area (Å²) >= 11 is 0. The van der Waals surface area contributed by atoms with E-state index < -0.39 is 101 Å². The van der Waals surface area contributed by atoms with Crippen molar-refractivity contribution in [3.05, 3.63) is 107 Å². The molecule has 0 bridgehead atoms. The van der Waals surface area contributed by atoms with Gasteiger partial charge in [0.2, 0.25) is 16.3 Å². The Bertz CT molecular complexity index is 2410. The van der Waals surface area contributed by atoms with Crippen LogP contribution in [0, 0.1) is 10.4 Å². The highest BCUT2D eigenvalue weighted by Crippen LogP contribution is 2.54. The maximum Gasteiger partial charge on any atom is 0.259 e. The standard InChI is InChI=1S/C30H25NO13/c1-8(32)20(34)26(40)21(35)11-6-10-5-9-3-4-30(19(9)25(39)14(10)29(43)31-11)27(41)17-18(28(30)42)24(38)16-15(23(17)37)12(33)7-13(44-2)22(16)36/h5-8,20-21,26,32,34-35,39-42H,3-4H2,1-2H3,(H,31,43)/t8?,20?,21?,26?,30-/m0/s1. The minimum Gasteiger partial charge on any atom is -0.510 e. The summed E-state index contributed by atoms with van der Waals surface area (Å²) in [6.07, 6.45) is -7.09. The molecule has 14 nitrogen and oxygen atoms in total. The number of benzene rings is 1. The average molecular weight is 608 g/mol. The smallest absolute Gasteiger partial charge is 0.259 e. The second-order valence-corrected chi connectivity index (χ2v) is 11.1. The van der Waals surface area contributed by atoms with Crippen molar-refractivity contribution in [1.82, 2.24) is 4.98 Å². The fraction of sp³-hybridized carbons (Fsp3) is 0.300. The molecule has 1 heterocycles. The molecular weight excluding hydrogens is 582 g/mol. The lowest BCUT2D eigenvalue weighted by Crippen LogP contribution is -2.51. The van der Waals surface area contributed by atoms with Crippen LogP contribution in [0.4, 0.5) is 0 Å². The van der Waals surface area contributed by atoms with Crippen LogP contribution in [0.3, 0.4) is 0 Å². The second-order valence-electron chi connectivity index (χ2n) is 11.1. The minimum atomic E-state index is -2.08. The van der Waals surface area contributed by atoms with Gasteiger partial charge >= 0.3 is 0 Å². The van der Waals surface area contributed by atoms with Gasteiger partial charge in [-0.3, -0.25) is 24.0 Å². The van der Waals surface area contributed by atoms with Crippen LogP contribution in [0.5, 0.6) is 11.5 Å². The molecule has 228 valence electrons. The van der Waals surface area contributed by atoms with Gasteiger partial charge in [0, 0.05) is 11.6 Å². The Morgan fingerprint density at radius 1 is 0.818 bits per heavy atom. The third-order valence-electron chi connectivity index (χ3n) is 8.76. The number of aliphatic hydroxyl groups is 6. The number of methoxy groups -OCH3 is 1. The van der Waals surface area contributed by atoms with Gasteiger partial charge in [-0.1, -0.05) is 6.07 Å². The molecule has 1 spiro atoms. The Kier molecular flexibility index (Phi) is 6.34. The van der Waals surface area contributed by atoms with Crippen LogP contribution in [0.2, 0.25) is 0 Å². The van der Waals surface area contributed by atoms with Crippen LogP contribution in [0.1, 0.15) is 36.3 Å². The fourth-order valence-corrected chi connectivity index (χ4v) is 6.58. The van der Waals surface area contributed by atoms with Crippen LogP contribution in [-0.4, -0.2) is 66.2 Å². The maximum absolute atomic E-state index is 13.6.